The second-order valence-corrected chi connectivity index (χ2v) is 34.3. The highest BCUT2D eigenvalue weighted by atomic mass is 32.1. The molecule has 6 aromatic heterocycles. The molecule has 0 unspecified atom stereocenters. The predicted molar refractivity (Wildman–Crippen MR) is 369 cm³/mol. The van der Waals surface area contributed by atoms with Crippen molar-refractivity contribution in [3.8, 4) is 107 Å². The lowest BCUT2D eigenvalue weighted by molar-refractivity contribution is 0.418. The van der Waals surface area contributed by atoms with Crippen molar-refractivity contribution >= 4 is 90.9 Å². The maximum Gasteiger partial charge on any atom is 0.140 e. The van der Waals surface area contributed by atoms with Crippen LogP contribution in [-0.4, -0.2) is 17.5 Å². The molecule has 0 N–H and O–H groups in total. The Morgan fingerprint density at radius 2 is 0.477 bits per heavy atom. The number of hydrogen-bond donors (Lipinski definition) is 0. The van der Waals surface area contributed by atoms with Gasteiger partial charge in [0.1, 0.15) is 45.1 Å². The Morgan fingerprint density at radius 3 is 0.674 bits per heavy atom. The topological polar surface area (TPSA) is 70.0 Å². The summed E-state index contributed by atoms with van der Waals surface area (Å²) in [6, 6.07) is 46.5. The van der Waals surface area contributed by atoms with Gasteiger partial charge in [-0.2, -0.15) is 17.5 Å². The first kappa shape index (κ1) is 55.9. The second-order valence-electron chi connectivity index (χ2n) is 29.0. The molecule has 9 heterocycles. The van der Waals surface area contributed by atoms with Crippen LogP contribution in [0, 0.1) is 0 Å². The van der Waals surface area contributed by atoms with Crippen LogP contribution in [0.2, 0.25) is 0 Å². The van der Waals surface area contributed by atoms with E-state index in [1.54, 1.807) is 45.3 Å². The lowest BCUT2D eigenvalue weighted by atomic mass is 9.70. The van der Waals surface area contributed by atoms with Gasteiger partial charge in [-0.25, -0.2) is 0 Å². The summed E-state index contributed by atoms with van der Waals surface area (Å²) in [5.41, 5.74) is 21.0. The predicted octanol–water partition coefficient (Wildman–Crippen LogP) is 23.6. The number of fused-ring (bicyclic) bond motifs is 28. The van der Waals surface area contributed by atoms with Gasteiger partial charge in [-0.3, -0.25) is 0 Å². The van der Waals surface area contributed by atoms with E-state index in [0.29, 0.717) is 0 Å². The Balaban J connectivity index is 0.975. The minimum atomic E-state index is -0.404. The van der Waals surface area contributed by atoms with Crippen LogP contribution >= 0.6 is 68.8 Å². The van der Waals surface area contributed by atoms with Crippen molar-refractivity contribution in [1.29, 1.82) is 0 Å². The summed E-state index contributed by atoms with van der Waals surface area (Å²) in [5, 5.41) is 0. The Morgan fingerprint density at radius 1 is 0.279 bits per heavy atom. The van der Waals surface area contributed by atoms with E-state index in [-0.39, 0.29) is 21.7 Å². The van der Waals surface area contributed by atoms with Crippen LogP contribution in [-0.2, 0) is 32.5 Å². The van der Waals surface area contributed by atoms with Crippen LogP contribution in [0.15, 0.2) is 121 Å². The molecule has 0 radical (unpaired) electrons. The minimum Gasteiger partial charge on any atom is -0.455 e. The average Bonchev–Trinajstić information content (AvgIpc) is 1.10. The maximum atomic E-state index is 7.61. The molecule has 0 aliphatic carbocycles. The molecule has 86 heavy (non-hydrogen) atoms. The summed E-state index contributed by atoms with van der Waals surface area (Å²) in [6.45, 7) is 37.4. The van der Waals surface area contributed by atoms with Gasteiger partial charge >= 0.3 is 0 Å². The highest BCUT2D eigenvalue weighted by Crippen LogP contribution is 2.61. The van der Waals surface area contributed by atoms with Crippen molar-refractivity contribution in [2.45, 2.75) is 143 Å². The first-order chi connectivity index (χ1) is 40.6. The van der Waals surface area contributed by atoms with Crippen LogP contribution in [0.3, 0.4) is 0 Å². The van der Waals surface area contributed by atoms with Gasteiger partial charge in [-0.1, -0.05) is 159 Å². The third kappa shape index (κ3) is 8.73. The fourth-order valence-electron chi connectivity index (χ4n) is 12.8. The first-order valence-corrected chi connectivity index (χ1v) is 34.4. The molecule has 12 aromatic rings. The van der Waals surface area contributed by atoms with E-state index in [2.05, 4.69) is 232 Å². The van der Waals surface area contributed by atoms with Gasteiger partial charge in [-0.05, 0) is 117 Å². The van der Waals surface area contributed by atoms with Crippen LogP contribution in [0.25, 0.3) is 106 Å². The molecule has 12 heteroatoms. The number of benzene rings is 6. The molecule has 0 saturated heterocycles. The van der Waals surface area contributed by atoms with Gasteiger partial charge in [-0.15, -0.1) is 45.3 Å². The molecular formula is C74H68N4O2S6. The molecule has 432 valence electrons. The molecule has 16 bridgehead atoms. The van der Waals surface area contributed by atoms with Gasteiger partial charge in [0.2, 0.25) is 0 Å². The van der Waals surface area contributed by atoms with Crippen molar-refractivity contribution in [1.82, 2.24) is 17.5 Å². The van der Waals surface area contributed by atoms with Gasteiger partial charge < -0.3 is 9.47 Å². The summed E-state index contributed by atoms with van der Waals surface area (Å²) in [5.74, 6) is 3.66. The Hall–Kier alpha value is -6.64. The molecular weight excluding hydrogens is 1170 g/mol. The largest absolute Gasteiger partial charge is 0.455 e. The average molecular weight is 1240 g/mol. The molecule has 0 fully saturated rings. The summed E-state index contributed by atoms with van der Waals surface area (Å²) in [4.78, 5) is 9.14. The first-order valence-electron chi connectivity index (χ1n) is 29.7. The molecule has 0 atom stereocenters. The monoisotopic (exact) mass is 1240 g/mol. The number of ether oxygens (including phenoxy) is 2. The summed E-state index contributed by atoms with van der Waals surface area (Å²) in [6.07, 6.45) is 0. The fraction of sp³-hybridized carbons (Fsp3) is 0.297. The fourth-order valence-corrected chi connectivity index (χ4v) is 18.1. The van der Waals surface area contributed by atoms with Gasteiger partial charge in [0, 0.05) is 117 Å². The highest BCUT2D eigenvalue weighted by Gasteiger charge is 2.42. The van der Waals surface area contributed by atoms with E-state index in [9.17, 15) is 0 Å². The standard InChI is InChI=1S/C74H68N4O2S6/c1-69(2,3)37-29-45-57-25-21-53(81-57)41-17-18-42(62-61(41)75-85-76-62)55-23-27-59(83-55)47-31-39(71(7,8)9)35-51-67(47)80-68-48(32-40(72(10,11)12)36-52(68)74(51,15)16)60-28-24-56(84-60)44-20-19-43(63-64(44)78-86-77-63)54-22-26-58(82-54)46-30-38(70(4,5)6)34-50-66(46)79-65(45)49(33-37)73(50,13)14/h17-36H,1-16H3. The zero-order valence-electron chi connectivity index (χ0n) is 51.6. The van der Waals surface area contributed by atoms with Gasteiger partial charge in [0.05, 0.1) is 23.5 Å². The number of hydrogen-bond acceptors (Lipinski definition) is 12. The molecule has 0 saturated carbocycles. The Bertz CT molecular complexity index is 4230. The molecule has 6 nitrogen and oxygen atoms in total. The van der Waals surface area contributed by atoms with E-state index < -0.39 is 10.8 Å². The molecule has 15 rings (SSSR count). The lowest BCUT2D eigenvalue weighted by Crippen LogP contribution is -2.27. The smallest absolute Gasteiger partial charge is 0.140 e. The molecule has 0 amide bonds. The van der Waals surface area contributed by atoms with Crippen molar-refractivity contribution in [2.75, 3.05) is 0 Å². The van der Waals surface area contributed by atoms with E-state index in [1.807, 2.05) is 0 Å². The van der Waals surface area contributed by atoms with Crippen molar-refractivity contribution in [2.24, 2.45) is 0 Å². The van der Waals surface area contributed by atoms with Crippen LogP contribution in [0.5, 0.6) is 23.0 Å². The zero-order chi connectivity index (χ0) is 60.1. The zero-order valence-corrected chi connectivity index (χ0v) is 56.5. The molecule has 3 aliphatic rings. The normalized spacial score (nSPS) is 14.9. The summed E-state index contributed by atoms with van der Waals surface area (Å²) >= 11 is 9.75. The SMILES string of the molecule is CC(C)(C)c1cc2c3c(c1)C(C)(C)c1cc(C(C)(C)C)cc(c1O3)-c1ccc(s1)-c1ccc(c3nsnc13)-c1ccc(s1)-c1cc(C(C)(C)C)cc3c1Oc1c(cc(C(C)(C)C)cc1C3(C)C)-c1ccc(s1)-c1ccc(c3nsnc13)-c1ccc-2s1. The van der Waals surface area contributed by atoms with Crippen molar-refractivity contribution < 1.29 is 9.47 Å². The third-order valence-corrected chi connectivity index (χ3v) is 24.0. The number of thiophene rings is 4. The van der Waals surface area contributed by atoms with E-state index in [4.69, 9.17) is 27.0 Å². The minimum absolute atomic E-state index is 0.121. The summed E-state index contributed by atoms with van der Waals surface area (Å²) in [7, 11) is 0. The van der Waals surface area contributed by atoms with Crippen molar-refractivity contribution in [3.63, 3.8) is 0 Å². The Labute approximate surface area is 529 Å². The number of aromatic nitrogens is 4. The van der Waals surface area contributed by atoms with Crippen molar-refractivity contribution in [3.05, 3.63) is 166 Å². The maximum absolute atomic E-state index is 7.61. The molecule has 3 aliphatic heterocycles. The van der Waals surface area contributed by atoms with Gasteiger partial charge in [0.25, 0.3) is 0 Å². The van der Waals surface area contributed by atoms with E-state index in [1.165, 1.54) is 68.0 Å². The van der Waals surface area contributed by atoms with Crippen LogP contribution in [0.4, 0.5) is 0 Å². The Kier molecular flexibility index (Phi) is 12.3. The lowest BCUT2D eigenvalue weighted by Gasteiger charge is -2.39. The quantitative estimate of drug-likeness (QED) is 0.151. The van der Waals surface area contributed by atoms with E-state index in [0.717, 1.165) is 129 Å². The molecule has 6 aromatic carbocycles. The summed E-state index contributed by atoms with van der Waals surface area (Å²) < 4.78 is 35.5. The second kappa shape index (κ2) is 18.9. The van der Waals surface area contributed by atoms with Crippen LogP contribution in [0.1, 0.15) is 155 Å². The number of rotatable bonds is 0. The van der Waals surface area contributed by atoms with E-state index >= 15 is 0 Å². The third-order valence-electron chi connectivity index (χ3n) is 18.3. The highest BCUT2D eigenvalue weighted by molar-refractivity contribution is 7.20. The number of nitrogens with zero attached hydrogens (tertiary/aromatic N) is 4. The molecule has 0 spiro atoms. The van der Waals surface area contributed by atoms with Gasteiger partial charge in [0.15, 0.2) is 0 Å². The van der Waals surface area contributed by atoms with Crippen LogP contribution < -0.4 is 9.47 Å².